The largest absolute Gasteiger partial charge is 0.493 e. The van der Waals surface area contributed by atoms with Gasteiger partial charge >= 0.3 is 5.97 Å². The van der Waals surface area contributed by atoms with Crippen LogP contribution < -0.4 is 10.1 Å². The fraction of sp³-hybridized carbons (Fsp3) is 0.429. The smallest absolute Gasteiger partial charge is 0.302 e. The van der Waals surface area contributed by atoms with E-state index in [1.165, 1.54) is 6.92 Å². The van der Waals surface area contributed by atoms with Crippen molar-refractivity contribution in [2.24, 2.45) is 0 Å². The van der Waals surface area contributed by atoms with Crippen LogP contribution in [0, 0.1) is 0 Å². The van der Waals surface area contributed by atoms with E-state index in [-0.39, 0.29) is 11.9 Å². The topological polar surface area (TPSA) is 64.6 Å². The summed E-state index contributed by atoms with van der Waals surface area (Å²) >= 11 is 0. The van der Waals surface area contributed by atoms with Gasteiger partial charge in [-0.2, -0.15) is 0 Å². The van der Waals surface area contributed by atoms with E-state index in [1.54, 1.807) is 0 Å². The van der Waals surface area contributed by atoms with Gasteiger partial charge in [-0.05, 0) is 18.1 Å². The normalized spacial score (nSPS) is 13.4. The Bertz CT molecular complexity index is 484. The second kappa shape index (κ2) is 6.22. The number of anilines is 1. The molecule has 0 bridgehead atoms. The van der Waals surface area contributed by atoms with Crippen molar-refractivity contribution in [3.63, 3.8) is 0 Å². The standard InChI is InChI=1S/C14H17NO4/c1-10(16)18-7-2-8-19-12-5-3-11-4-6-14(17)15-13(11)9-12/h3,5,9H,2,4,6-8H2,1H3,(H,15,17). The second-order valence-corrected chi connectivity index (χ2v) is 4.41. The molecule has 1 heterocycles. The fourth-order valence-corrected chi connectivity index (χ4v) is 1.91. The minimum Gasteiger partial charge on any atom is -0.493 e. The van der Waals surface area contributed by atoms with Crippen molar-refractivity contribution in [2.45, 2.75) is 26.2 Å². The summed E-state index contributed by atoms with van der Waals surface area (Å²) in [6.45, 7) is 2.21. The average molecular weight is 263 g/mol. The zero-order valence-corrected chi connectivity index (χ0v) is 10.9. The van der Waals surface area contributed by atoms with Crippen LogP contribution in [0.1, 0.15) is 25.3 Å². The van der Waals surface area contributed by atoms with Gasteiger partial charge in [-0.15, -0.1) is 0 Å². The number of fused-ring (bicyclic) bond motifs is 1. The minimum atomic E-state index is -0.281. The van der Waals surface area contributed by atoms with Gasteiger partial charge in [-0.1, -0.05) is 6.07 Å². The van der Waals surface area contributed by atoms with Gasteiger partial charge in [0, 0.05) is 31.5 Å². The first-order valence-corrected chi connectivity index (χ1v) is 6.34. The van der Waals surface area contributed by atoms with Gasteiger partial charge in [0.25, 0.3) is 0 Å². The molecule has 1 aliphatic heterocycles. The van der Waals surface area contributed by atoms with Crippen molar-refractivity contribution in [1.29, 1.82) is 0 Å². The lowest BCUT2D eigenvalue weighted by Gasteiger charge is -2.17. The van der Waals surface area contributed by atoms with Crippen LogP contribution in [0.5, 0.6) is 5.75 Å². The molecule has 0 saturated heterocycles. The average Bonchev–Trinajstić information content (AvgIpc) is 2.37. The molecule has 2 rings (SSSR count). The Morgan fingerprint density at radius 1 is 1.32 bits per heavy atom. The molecule has 5 nitrogen and oxygen atoms in total. The molecule has 102 valence electrons. The number of benzene rings is 1. The Morgan fingerprint density at radius 3 is 2.95 bits per heavy atom. The molecule has 1 N–H and O–H groups in total. The van der Waals surface area contributed by atoms with E-state index >= 15 is 0 Å². The van der Waals surface area contributed by atoms with Gasteiger partial charge in [0.1, 0.15) is 5.75 Å². The van der Waals surface area contributed by atoms with E-state index in [2.05, 4.69) is 5.32 Å². The SMILES string of the molecule is CC(=O)OCCCOc1ccc2c(c1)NC(=O)CC2. The number of carbonyl (C=O) groups is 2. The highest BCUT2D eigenvalue weighted by molar-refractivity contribution is 5.94. The molecular weight excluding hydrogens is 246 g/mol. The van der Waals surface area contributed by atoms with Crippen LogP contribution >= 0.6 is 0 Å². The maximum Gasteiger partial charge on any atom is 0.302 e. The molecule has 1 amide bonds. The first kappa shape index (κ1) is 13.4. The summed E-state index contributed by atoms with van der Waals surface area (Å²) in [5, 5.41) is 2.83. The van der Waals surface area contributed by atoms with Gasteiger partial charge in [-0.3, -0.25) is 9.59 Å². The van der Waals surface area contributed by atoms with Crippen molar-refractivity contribution in [1.82, 2.24) is 0 Å². The Hall–Kier alpha value is -2.04. The molecule has 19 heavy (non-hydrogen) atoms. The van der Waals surface area contributed by atoms with Crippen LogP contribution in [0.25, 0.3) is 0 Å². The zero-order valence-electron chi connectivity index (χ0n) is 10.9. The number of hydrogen-bond acceptors (Lipinski definition) is 4. The van der Waals surface area contributed by atoms with Crippen molar-refractivity contribution in [3.8, 4) is 5.75 Å². The van der Waals surface area contributed by atoms with Crippen LogP contribution in [0.3, 0.4) is 0 Å². The maximum atomic E-state index is 11.3. The third kappa shape index (κ3) is 3.98. The summed E-state index contributed by atoms with van der Waals surface area (Å²) < 4.78 is 10.4. The van der Waals surface area contributed by atoms with Crippen molar-refractivity contribution in [3.05, 3.63) is 23.8 Å². The highest BCUT2D eigenvalue weighted by Gasteiger charge is 2.14. The van der Waals surface area contributed by atoms with E-state index in [0.717, 1.165) is 17.7 Å². The highest BCUT2D eigenvalue weighted by atomic mass is 16.5. The van der Waals surface area contributed by atoms with Crippen LogP contribution in [-0.2, 0) is 20.7 Å². The third-order valence-electron chi connectivity index (χ3n) is 2.84. The van der Waals surface area contributed by atoms with Gasteiger partial charge in [0.05, 0.1) is 13.2 Å². The summed E-state index contributed by atoms with van der Waals surface area (Å²) in [6.07, 6.45) is 1.95. The first-order valence-electron chi connectivity index (χ1n) is 6.34. The van der Waals surface area contributed by atoms with Crippen LogP contribution in [-0.4, -0.2) is 25.1 Å². The fourth-order valence-electron chi connectivity index (χ4n) is 1.91. The molecule has 0 aromatic heterocycles. The summed E-state index contributed by atoms with van der Waals surface area (Å²) in [7, 11) is 0. The van der Waals surface area contributed by atoms with E-state index in [0.29, 0.717) is 31.8 Å². The van der Waals surface area contributed by atoms with Crippen LogP contribution in [0.2, 0.25) is 0 Å². The second-order valence-electron chi connectivity index (χ2n) is 4.41. The molecule has 1 aromatic rings. The lowest BCUT2D eigenvalue weighted by atomic mass is 10.0. The molecule has 0 unspecified atom stereocenters. The lowest BCUT2D eigenvalue weighted by molar-refractivity contribution is -0.141. The van der Waals surface area contributed by atoms with Gasteiger partial charge in [0.15, 0.2) is 0 Å². The quantitative estimate of drug-likeness (QED) is 0.651. The molecular formula is C14H17NO4. The number of hydrogen-bond donors (Lipinski definition) is 1. The molecule has 0 saturated carbocycles. The highest BCUT2D eigenvalue weighted by Crippen LogP contribution is 2.27. The van der Waals surface area contributed by atoms with E-state index in [4.69, 9.17) is 9.47 Å². The Balaban J connectivity index is 1.83. The minimum absolute atomic E-state index is 0.0412. The van der Waals surface area contributed by atoms with Crippen molar-refractivity contribution < 1.29 is 19.1 Å². The molecule has 1 aromatic carbocycles. The van der Waals surface area contributed by atoms with Crippen molar-refractivity contribution in [2.75, 3.05) is 18.5 Å². The van der Waals surface area contributed by atoms with E-state index in [1.807, 2.05) is 18.2 Å². The Labute approximate surface area is 111 Å². The predicted molar refractivity (Wildman–Crippen MR) is 70.1 cm³/mol. The summed E-state index contributed by atoms with van der Waals surface area (Å²) in [6, 6.07) is 5.69. The number of rotatable bonds is 5. The van der Waals surface area contributed by atoms with Gasteiger partial charge in [-0.25, -0.2) is 0 Å². The summed E-state index contributed by atoms with van der Waals surface area (Å²) in [5.41, 5.74) is 1.96. The van der Waals surface area contributed by atoms with Crippen LogP contribution in [0.4, 0.5) is 5.69 Å². The number of amides is 1. The molecule has 1 aliphatic rings. The molecule has 0 fully saturated rings. The number of aryl methyl sites for hydroxylation is 1. The van der Waals surface area contributed by atoms with Crippen molar-refractivity contribution >= 4 is 17.6 Å². The van der Waals surface area contributed by atoms with Crippen LogP contribution in [0.15, 0.2) is 18.2 Å². The maximum absolute atomic E-state index is 11.3. The van der Waals surface area contributed by atoms with E-state index < -0.39 is 0 Å². The molecule has 0 radical (unpaired) electrons. The number of carbonyl (C=O) groups excluding carboxylic acids is 2. The Kier molecular flexibility index (Phi) is 4.39. The van der Waals surface area contributed by atoms with E-state index in [9.17, 15) is 9.59 Å². The summed E-state index contributed by atoms with van der Waals surface area (Å²) in [5.74, 6) is 0.472. The third-order valence-corrected chi connectivity index (χ3v) is 2.84. The predicted octanol–water partition coefficient (Wildman–Crippen LogP) is 1.90. The monoisotopic (exact) mass is 263 g/mol. The number of ether oxygens (including phenoxy) is 2. The molecule has 0 aliphatic carbocycles. The lowest BCUT2D eigenvalue weighted by Crippen LogP contribution is -2.18. The first-order chi connectivity index (χ1) is 9.15. The Morgan fingerprint density at radius 2 is 2.16 bits per heavy atom. The molecule has 0 atom stereocenters. The van der Waals surface area contributed by atoms with Gasteiger partial charge in [0.2, 0.25) is 5.91 Å². The zero-order chi connectivity index (χ0) is 13.7. The molecule has 5 heteroatoms. The number of esters is 1. The molecule has 0 spiro atoms. The van der Waals surface area contributed by atoms with Gasteiger partial charge < -0.3 is 14.8 Å². The summed E-state index contributed by atoms with van der Waals surface area (Å²) in [4.78, 5) is 21.9. The number of nitrogens with one attached hydrogen (secondary N) is 1.